The third-order valence-electron chi connectivity index (χ3n) is 3.34. The van der Waals surface area contributed by atoms with E-state index in [0.717, 1.165) is 0 Å². The normalized spacial score (nSPS) is 11.2. The summed E-state index contributed by atoms with van der Waals surface area (Å²) in [4.78, 5) is 12.0. The highest BCUT2D eigenvalue weighted by Gasteiger charge is 2.13. The van der Waals surface area contributed by atoms with Gasteiger partial charge in [-0.15, -0.1) is 11.8 Å². The minimum Gasteiger partial charge on any atom is -0.479 e. The molecule has 2 aromatic carbocycles. The molecule has 2 aromatic rings. The second-order valence-corrected chi connectivity index (χ2v) is 8.76. The average Bonchev–Trinajstić information content (AvgIpc) is 2.65. The Kier molecular flexibility index (Phi) is 8.56. The fourth-order valence-electron chi connectivity index (χ4n) is 2.07. The molecule has 152 valence electrons. The van der Waals surface area contributed by atoms with E-state index >= 15 is 0 Å². The molecule has 0 radical (unpaired) electrons. The number of benzene rings is 2. The fourth-order valence-corrected chi connectivity index (χ4v) is 4.15. The van der Waals surface area contributed by atoms with Gasteiger partial charge in [0.05, 0.1) is 11.5 Å². The molecule has 0 aliphatic carbocycles. The molecule has 28 heavy (non-hydrogen) atoms. The molecule has 0 unspecified atom stereocenters. The molecule has 0 amide bonds. The summed E-state index contributed by atoms with van der Waals surface area (Å²) in [7, 11) is -3.63. The number of thioether (sulfide) groups is 1. The van der Waals surface area contributed by atoms with Gasteiger partial charge >= 0.3 is 5.97 Å². The zero-order valence-corrected chi connectivity index (χ0v) is 17.4. The smallest absolute Gasteiger partial charge is 0.344 e. The second-order valence-electron chi connectivity index (χ2n) is 5.39. The van der Waals surface area contributed by atoms with Crippen molar-refractivity contribution in [3.05, 3.63) is 53.3 Å². The van der Waals surface area contributed by atoms with Gasteiger partial charge in [0.2, 0.25) is 10.0 Å². The Balaban J connectivity index is 1.82. The van der Waals surface area contributed by atoms with E-state index in [4.69, 9.17) is 21.1 Å². The third-order valence-corrected chi connectivity index (χ3v) is 6.07. The van der Waals surface area contributed by atoms with E-state index < -0.39 is 21.8 Å². The van der Waals surface area contributed by atoms with E-state index in [1.165, 1.54) is 48.2 Å². The molecular formula is C18H19ClFNO5S2. The molecule has 0 aromatic heterocycles. The number of carbonyl (C=O) groups is 1. The summed E-state index contributed by atoms with van der Waals surface area (Å²) < 4.78 is 50.6. The number of hydrogen-bond acceptors (Lipinski definition) is 6. The molecule has 1 N–H and O–H groups in total. The van der Waals surface area contributed by atoms with Crippen LogP contribution in [-0.4, -0.2) is 39.9 Å². The summed E-state index contributed by atoms with van der Waals surface area (Å²) in [6, 6.07) is 10.1. The molecule has 6 nitrogen and oxygen atoms in total. The molecule has 0 saturated heterocycles. The van der Waals surface area contributed by atoms with Gasteiger partial charge in [-0.1, -0.05) is 11.6 Å². The number of hydrogen-bond donors (Lipinski definition) is 1. The molecule has 0 atom stereocenters. The van der Waals surface area contributed by atoms with Crippen LogP contribution in [0.2, 0.25) is 5.02 Å². The highest BCUT2D eigenvalue weighted by molar-refractivity contribution is 7.99. The lowest BCUT2D eigenvalue weighted by molar-refractivity contribution is -0.145. The van der Waals surface area contributed by atoms with E-state index in [-0.39, 0.29) is 30.4 Å². The maximum absolute atomic E-state index is 14.0. The predicted molar refractivity (Wildman–Crippen MR) is 106 cm³/mol. The van der Waals surface area contributed by atoms with Crippen molar-refractivity contribution in [3.63, 3.8) is 0 Å². The van der Waals surface area contributed by atoms with Crippen molar-refractivity contribution in [1.82, 2.24) is 4.72 Å². The van der Waals surface area contributed by atoms with Gasteiger partial charge in [-0.2, -0.15) is 0 Å². The van der Waals surface area contributed by atoms with Gasteiger partial charge in [0.1, 0.15) is 0 Å². The van der Waals surface area contributed by atoms with Crippen molar-refractivity contribution in [2.75, 3.05) is 25.5 Å². The van der Waals surface area contributed by atoms with Crippen LogP contribution in [0.25, 0.3) is 0 Å². The van der Waals surface area contributed by atoms with Crippen LogP contribution in [-0.2, 0) is 19.6 Å². The minimum absolute atomic E-state index is 0.0548. The zero-order valence-electron chi connectivity index (χ0n) is 15.0. The molecular weight excluding hydrogens is 429 g/mol. The molecule has 0 aliphatic heterocycles. The van der Waals surface area contributed by atoms with Crippen LogP contribution in [0.15, 0.2) is 52.3 Å². The van der Waals surface area contributed by atoms with Crippen molar-refractivity contribution in [2.24, 2.45) is 0 Å². The molecule has 0 bridgehead atoms. The third kappa shape index (κ3) is 6.97. The number of carbonyl (C=O) groups excluding carboxylic acids is 1. The van der Waals surface area contributed by atoms with Gasteiger partial charge in [-0.3, -0.25) is 0 Å². The summed E-state index contributed by atoms with van der Waals surface area (Å²) in [6.07, 6.45) is 0. The van der Waals surface area contributed by atoms with E-state index in [1.54, 1.807) is 13.0 Å². The van der Waals surface area contributed by atoms with Crippen LogP contribution in [0, 0.1) is 5.82 Å². The predicted octanol–water partition coefficient (Wildman–Crippen LogP) is 3.49. The number of halogens is 2. The number of rotatable bonds is 10. The van der Waals surface area contributed by atoms with E-state index in [9.17, 15) is 17.6 Å². The maximum atomic E-state index is 14.0. The zero-order chi connectivity index (χ0) is 20.6. The molecule has 0 spiro atoms. The standard InChI is InChI=1S/C18H19ClFNO5S2/c1-2-25-18(22)12-26-17-8-5-14(11-16(17)20)27-10-9-21-28(23,24)15-6-3-13(19)4-7-15/h3-8,11,21H,2,9-10,12H2,1H3. The van der Waals surface area contributed by atoms with Crippen LogP contribution < -0.4 is 9.46 Å². The largest absolute Gasteiger partial charge is 0.479 e. The summed E-state index contributed by atoms with van der Waals surface area (Å²) in [5, 5.41) is 0.450. The van der Waals surface area contributed by atoms with E-state index in [2.05, 4.69) is 4.72 Å². The van der Waals surface area contributed by atoms with Gasteiger partial charge in [-0.25, -0.2) is 22.3 Å². The number of sulfonamides is 1. The molecule has 0 saturated carbocycles. The first-order chi connectivity index (χ1) is 13.3. The van der Waals surface area contributed by atoms with Crippen LogP contribution >= 0.6 is 23.4 Å². The van der Waals surface area contributed by atoms with Gasteiger partial charge in [0.25, 0.3) is 0 Å². The Morgan fingerprint density at radius 3 is 2.57 bits per heavy atom. The Morgan fingerprint density at radius 2 is 1.93 bits per heavy atom. The van der Waals surface area contributed by atoms with Crippen LogP contribution in [0.5, 0.6) is 5.75 Å². The Labute approximate surface area is 172 Å². The van der Waals surface area contributed by atoms with Gasteiger partial charge < -0.3 is 9.47 Å². The molecule has 0 aliphatic rings. The van der Waals surface area contributed by atoms with Crippen molar-refractivity contribution >= 4 is 39.4 Å². The fraction of sp³-hybridized carbons (Fsp3) is 0.278. The summed E-state index contributed by atoms with van der Waals surface area (Å²) >= 11 is 7.03. The van der Waals surface area contributed by atoms with Crippen LogP contribution in [0.3, 0.4) is 0 Å². The van der Waals surface area contributed by atoms with E-state index in [1.807, 2.05) is 0 Å². The van der Waals surface area contributed by atoms with Crippen molar-refractivity contribution in [2.45, 2.75) is 16.7 Å². The number of nitrogens with one attached hydrogen (secondary N) is 1. The molecule has 0 heterocycles. The second kappa shape index (κ2) is 10.7. The van der Waals surface area contributed by atoms with Crippen LogP contribution in [0.4, 0.5) is 4.39 Å². The van der Waals surface area contributed by atoms with Crippen molar-refractivity contribution in [3.8, 4) is 5.75 Å². The Hall–Kier alpha value is -1.81. The lowest BCUT2D eigenvalue weighted by Gasteiger charge is -2.09. The first-order valence-electron chi connectivity index (χ1n) is 8.28. The summed E-state index contributed by atoms with van der Waals surface area (Å²) in [5.74, 6) is -0.847. The van der Waals surface area contributed by atoms with Crippen LogP contribution in [0.1, 0.15) is 6.92 Å². The van der Waals surface area contributed by atoms with Gasteiger partial charge in [-0.05, 0) is 49.4 Å². The lowest BCUT2D eigenvalue weighted by atomic mass is 10.3. The molecule has 10 heteroatoms. The molecule has 0 fully saturated rings. The SMILES string of the molecule is CCOC(=O)COc1ccc(SCCNS(=O)(=O)c2ccc(Cl)cc2)cc1F. The summed E-state index contributed by atoms with van der Waals surface area (Å²) in [5.41, 5.74) is 0. The number of esters is 1. The number of ether oxygens (including phenoxy) is 2. The Morgan fingerprint density at radius 1 is 1.21 bits per heavy atom. The Bertz CT molecular complexity index is 907. The van der Waals surface area contributed by atoms with Crippen molar-refractivity contribution < 1.29 is 27.1 Å². The van der Waals surface area contributed by atoms with Crippen molar-refractivity contribution in [1.29, 1.82) is 0 Å². The summed E-state index contributed by atoms with van der Waals surface area (Å²) in [6.45, 7) is 1.68. The highest BCUT2D eigenvalue weighted by Crippen LogP contribution is 2.25. The van der Waals surface area contributed by atoms with Gasteiger partial charge in [0.15, 0.2) is 18.2 Å². The quantitative estimate of drug-likeness (QED) is 0.341. The monoisotopic (exact) mass is 447 g/mol. The minimum atomic E-state index is -3.63. The lowest BCUT2D eigenvalue weighted by Crippen LogP contribution is -2.25. The first kappa shape index (κ1) is 22.5. The highest BCUT2D eigenvalue weighted by atomic mass is 35.5. The average molecular weight is 448 g/mol. The molecule has 2 rings (SSSR count). The van der Waals surface area contributed by atoms with E-state index in [0.29, 0.717) is 15.7 Å². The maximum Gasteiger partial charge on any atom is 0.344 e. The van der Waals surface area contributed by atoms with Gasteiger partial charge in [0, 0.05) is 22.2 Å². The first-order valence-corrected chi connectivity index (χ1v) is 11.1. The topological polar surface area (TPSA) is 81.7 Å².